The van der Waals surface area contributed by atoms with Crippen molar-refractivity contribution in [2.24, 2.45) is 0 Å². The highest BCUT2D eigenvalue weighted by Gasteiger charge is 2.17. The van der Waals surface area contributed by atoms with Crippen LogP contribution in [0.3, 0.4) is 0 Å². The van der Waals surface area contributed by atoms with Crippen LogP contribution in [-0.4, -0.2) is 29.5 Å². The number of ether oxygens (including phenoxy) is 1. The second-order valence-corrected chi connectivity index (χ2v) is 4.14. The van der Waals surface area contributed by atoms with Gasteiger partial charge in [-0.05, 0) is 22.9 Å². The molecule has 0 saturated heterocycles. The first-order valence-electron chi connectivity index (χ1n) is 4.98. The van der Waals surface area contributed by atoms with Crippen molar-refractivity contribution in [3.8, 4) is 5.88 Å². The Hall–Kier alpha value is -1.43. The number of hydrogen-bond donors (Lipinski definition) is 0. The van der Waals surface area contributed by atoms with Crippen LogP contribution in [0.2, 0.25) is 0 Å². The van der Waals surface area contributed by atoms with Crippen molar-refractivity contribution in [2.45, 2.75) is 13.8 Å². The zero-order valence-corrected chi connectivity index (χ0v) is 11.6. The third-order valence-electron chi connectivity index (χ3n) is 2.10. The van der Waals surface area contributed by atoms with E-state index in [2.05, 4.69) is 32.5 Å². The number of rotatable bonds is 4. The molecule has 0 aliphatic carbocycles. The summed E-state index contributed by atoms with van der Waals surface area (Å²) in [6.45, 7) is 7.23. The molecule has 1 aromatic heterocycles. The zero-order valence-electron chi connectivity index (χ0n) is 10.0. The number of aryl methyl sites for hydroxylation is 1. The fraction of sp³-hybridized carbons (Fsp3) is 0.364. The van der Waals surface area contributed by atoms with Crippen molar-refractivity contribution in [1.82, 2.24) is 9.97 Å². The molecule has 0 saturated carbocycles. The molecule has 92 valence electrons. The molecule has 1 aromatic rings. The number of carbonyl (C=O) groups excluding carboxylic acids is 1. The van der Waals surface area contributed by atoms with Gasteiger partial charge in [-0.2, -0.15) is 4.98 Å². The normalized spacial score (nSPS) is 9.88. The molecule has 0 fully saturated rings. The number of aromatic nitrogens is 2. The maximum atomic E-state index is 11.5. The van der Waals surface area contributed by atoms with Crippen LogP contribution in [0.5, 0.6) is 5.88 Å². The molecule has 0 aliphatic heterocycles. The standard InChI is InChI=1S/C11H14BrN3O2/c1-5-6-15(8(3)16)11-13-7(2)9(12)10(14-11)17-4/h5H,1,6H2,2-4H3. The summed E-state index contributed by atoms with van der Waals surface area (Å²) in [6.07, 6.45) is 1.62. The minimum absolute atomic E-state index is 0.145. The van der Waals surface area contributed by atoms with E-state index in [1.807, 2.05) is 6.92 Å². The van der Waals surface area contributed by atoms with Crippen molar-refractivity contribution in [3.05, 3.63) is 22.8 Å². The first-order chi connectivity index (χ1) is 8.01. The summed E-state index contributed by atoms with van der Waals surface area (Å²) in [5.74, 6) is 0.575. The van der Waals surface area contributed by atoms with Crippen molar-refractivity contribution in [3.63, 3.8) is 0 Å². The van der Waals surface area contributed by atoms with E-state index in [-0.39, 0.29) is 5.91 Å². The highest BCUT2D eigenvalue weighted by atomic mass is 79.9. The molecule has 0 aromatic carbocycles. The van der Waals surface area contributed by atoms with Crippen molar-refractivity contribution < 1.29 is 9.53 Å². The van der Waals surface area contributed by atoms with Crippen molar-refractivity contribution in [2.75, 3.05) is 18.6 Å². The Balaban J connectivity index is 3.24. The summed E-state index contributed by atoms with van der Waals surface area (Å²) >= 11 is 3.33. The van der Waals surface area contributed by atoms with Gasteiger partial charge in [-0.25, -0.2) is 4.98 Å². The Kier molecular flexibility index (Phi) is 4.62. The fourth-order valence-corrected chi connectivity index (χ4v) is 1.59. The van der Waals surface area contributed by atoms with Crippen LogP contribution in [0, 0.1) is 6.92 Å². The van der Waals surface area contributed by atoms with Crippen molar-refractivity contribution in [1.29, 1.82) is 0 Å². The predicted octanol–water partition coefficient (Wildman–Crippen LogP) is 2.10. The maximum Gasteiger partial charge on any atom is 0.236 e. The van der Waals surface area contributed by atoms with Gasteiger partial charge in [0.1, 0.15) is 4.47 Å². The molecule has 0 spiro atoms. The van der Waals surface area contributed by atoms with Gasteiger partial charge in [0.2, 0.25) is 17.7 Å². The third-order valence-corrected chi connectivity index (χ3v) is 3.01. The van der Waals surface area contributed by atoms with E-state index in [0.717, 1.165) is 0 Å². The monoisotopic (exact) mass is 299 g/mol. The molecule has 17 heavy (non-hydrogen) atoms. The van der Waals surface area contributed by atoms with E-state index in [0.29, 0.717) is 28.5 Å². The number of hydrogen-bond acceptors (Lipinski definition) is 4. The Morgan fingerprint density at radius 3 is 2.71 bits per heavy atom. The summed E-state index contributed by atoms with van der Waals surface area (Å²) in [5.41, 5.74) is 0.710. The lowest BCUT2D eigenvalue weighted by atomic mass is 10.4. The topological polar surface area (TPSA) is 55.3 Å². The quantitative estimate of drug-likeness (QED) is 0.799. The van der Waals surface area contributed by atoms with Gasteiger partial charge in [-0.15, -0.1) is 6.58 Å². The average Bonchev–Trinajstić information content (AvgIpc) is 2.29. The lowest BCUT2D eigenvalue weighted by Crippen LogP contribution is -2.30. The van der Waals surface area contributed by atoms with Gasteiger partial charge in [0, 0.05) is 13.5 Å². The maximum absolute atomic E-state index is 11.5. The molecule has 6 heteroatoms. The number of halogens is 1. The molecule has 1 amide bonds. The highest BCUT2D eigenvalue weighted by molar-refractivity contribution is 9.10. The molecule has 5 nitrogen and oxygen atoms in total. The smallest absolute Gasteiger partial charge is 0.236 e. The Morgan fingerprint density at radius 2 is 2.24 bits per heavy atom. The molecule has 1 heterocycles. The van der Waals surface area contributed by atoms with Crippen molar-refractivity contribution >= 4 is 27.8 Å². The predicted molar refractivity (Wildman–Crippen MR) is 69.2 cm³/mol. The summed E-state index contributed by atoms with van der Waals surface area (Å²) in [5, 5.41) is 0. The minimum atomic E-state index is -0.145. The lowest BCUT2D eigenvalue weighted by Gasteiger charge is -2.18. The van der Waals surface area contributed by atoms with Gasteiger partial charge in [0.25, 0.3) is 0 Å². The Bertz CT molecular complexity index is 449. The SMILES string of the molecule is C=CCN(C(C)=O)c1nc(C)c(Br)c(OC)n1. The Labute approximate surface area is 109 Å². The van der Waals surface area contributed by atoms with Crippen LogP contribution in [0.15, 0.2) is 17.1 Å². The van der Waals surface area contributed by atoms with E-state index in [9.17, 15) is 4.79 Å². The second-order valence-electron chi connectivity index (χ2n) is 3.35. The molecule has 1 rings (SSSR count). The van der Waals surface area contributed by atoms with Gasteiger partial charge >= 0.3 is 0 Å². The number of amides is 1. The van der Waals surface area contributed by atoms with E-state index in [1.165, 1.54) is 18.9 Å². The molecule has 0 aliphatic rings. The number of anilines is 1. The third kappa shape index (κ3) is 3.03. The Morgan fingerprint density at radius 1 is 1.59 bits per heavy atom. The number of carbonyl (C=O) groups is 1. The molecule has 0 N–H and O–H groups in total. The summed E-state index contributed by atoms with van der Waals surface area (Å²) in [6, 6.07) is 0. The van der Waals surface area contributed by atoms with Gasteiger partial charge in [0.05, 0.1) is 12.8 Å². The van der Waals surface area contributed by atoms with Crippen LogP contribution < -0.4 is 9.64 Å². The molecular weight excluding hydrogens is 286 g/mol. The molecule has 0 bridgehead atoms. The van der Waals surface area contributed by atoms with Crippen LogP contribution in [0.1, 0.15) is 12.6 Å². The van der Waals surface area contributed by atoms with Crippen LogP contribution in [0.25, 0.3) is 0 Å². The first kappa shape index (κ1) is 13.6. The molecule has 0 unspecified atom stereocenters. The lowest BCUT2D eigenvalue weighted by molar-refractivity contribution is -0.116. The fourth-order valence-electron chi connectivity index (χ4n) is 1.25. The van der Waals surface area contributed by atoms with E-state index in [1.54, 1.807) is 6.08 Å². The van der Waals surface area contributed by atoms with E-state index < -0.39 is 0 Å². The highest BCUT2D eigenvalue weighted by Crippen LogP contribution is 2.27. The van der Waals surface area contributed by atoms with Gasteiger partial charge in [0.15, 0.2) is 0 Å². The second kappa shape index (κ2) is 5.77. The van der Waals surface area contributed by atoms with Gasteiger partial charge in [-0.1, -0.05) is 6.08 Å². The summed E-state index contributed by atoms with van der Waals surface area (Å²) in [7, 11) is 1.52. The minimum Gasteiger partial charge on any atom is -0.480 e. The van der Waals surface area contributed by atoms with Crippen LogP contribution in [0.4, 0.5) is 5.95 Å². The molecule has 0 radical (unpaired) electrons. The molecular formula is C11H14BrN3O2. The van der Waals surface area contributed by atoms with Crippen LogP contribution >= 0.6 is 15.9 Å². The van der Waals surface area contributed by atoms with Gasteiger partial charge < -0.3 is 4.74 Å². The summed E-state index contributed by atoms with van der Waals surface area (Å²) in [4.78, 5) is 21.3. The molecule has 0 atom stereocenters. The van der Waals surface area contributed by atoms with E-state index in [4.69, 9.17) is 4.74 Å². The zero-order chi connectivity index (χ0) is 13.0. The van der Waals surface area contributed by atoms with Crippen LogP contribution in [-0.2, 0) is 4.79 Å². The number of methoxy groups -OCH3 is 1. The number of nitrogens with zero attached hydrogens (tertiary/aromatic N) is 3. The first-order valence-corrected chi connectivity index (χ1v) is 5.77. The van der Waals surface area contributed by atoms with E-state index >= 15 is 0 Å². The summed E-state index contributed by atoms with van der Waals surface area (Å²) < 4.78 is 5.80. The van der Waals surface area contributed by atoms with Gasteiger partial charge in [-0.3, -0.25) is 9.69 Å². The largest absolute Gasteiger partial charge is 0.480 e. The average molecular weight is 300 g/mol.